The molecule has 2 aromatic carbocycles. The molecule has 158 valence electrons. The van der Waals surface area contributed by atoms with Gasteiger partial charge in [-0.25, -0.2) is 4.98 Å². The number of hydrogen-bond acceptors (Lipinski definition) is 8. The van der Waals surface area contributed by atoms with Crippen LogP contribution in [0.15, 0.2) is 52.4 Å². The molecule has 0 saturated carbocycles. The largest absolute Gasteiger partial charge is 0.497 e. The Bertz CT molecular complexity index is 1220. The van der Waals surface area contributed by atoms with Crippen LogP contribution in [0.1, 0.15) is 21.3 Å². The van der Waals surface area contributed by atoms with Gasteiger partial charge >= 0.3 is 11.8 Å². The second-order valence-corrected chi connectivity index (χ2v) is 7.68. The summed E-state index contributed by atoms with van der Waals surface area (Å²) in [4.78, 5) is 21.3. The number of benzene rings is 2. The third kappa shape index (κ3) is 4.56. The topological polar surface area (TPSA) is 99.4 Å². The van der Waals surface area contributed by atoms with Gasteiger partial charge in [0.25, 0.3) is 0 Å². The van der Waals surface area contributed by atoms with Crippen LogP contribution in [-0.2, 0) is 6.54 Å². The molecule has 31 heavy (non-hydrogen) atoms. The minimum absolute atomic E-state index is 0.119. The fraction of sp³-hybridized carbons (Fsp3) is 0.182. The lowest BCUT2D eigenvalue weighted by Gasteiger charge is -2.10. The van der Waals surface area contributed by atoms with Crippen LogP contribution in [0.3, 0.4) is 0 Å². The standard InChI is InChI=1S/C22H20N4O4S/c1-13-24-18(12-31-13)14-5-4-6-15(9-14)20-25-22(30-26-20)21(27)23-11-16-10-17(28-2)7-8-19(16)29-3/h4-10,12H,11H2,1-3H3,(H,23,27). The lowest BCUT2D eigenvalue weighted by Crippen LogP contribution is -2.23. The molecule has 0 aliphatic heterocycles. The molecular weight excluding hydrogens is 416 g/mol. The number of methoxy groups -OCH3 is 2. The summed E-state index contributed by atoms with van der Waals surface area (Å²) in [5, 5.41) is 9.71. The zero-order valence-electron chi connectivity index (χ0n) is 17.2. The molecule has 0 atom stereocenters. The highest BCUT2D eigenvalue weighted by Crippen LogP contribution is 2.26. The maximum atomic E-state index is 12.5. The first-order chi connectivity index (χ1) is 15.1. The molecule has 2 aromatic heterocycles. The van der Waals surface area contributed by atoms with Crippen molar-refractivity contribution < 1.29 is 18.8 Å². The van der Waals surface area contributed by atoms with Crippen molar-refractivity contribution in [3.05, 3.63) is 64.3 Å². The fourth-order valence-corrected chi connectivity index (χ4v) is 3.64. The van der Waals surface area contributed by atoms with Crippen molar-refractivity contribution in [2.45, 2.75) is 13.5 Å². The van der Waals surface area contributed by atoms with Crippen LogP contribution in [0.25, 0.3) is 22.6 Å². The van der Waals surface area contributed by atoms with Gasteiger partial charge in [-0.05, 0) is 31.2 Å². The van der Waals surface area contributed by atoms with Crippen LogP contribution in [0.4, 0.5) is 0 Å². The Morgan fingerprint density at radius 2 is 1.94 bits per heavy atom. The highest BCUT2D eigenvalue weighted by atomic mass is 32.1. The smallest absolute Gasteiger partial charge is 0.316 e. The van der Waals surface area contributed by atoms with E-state index in [0.717, 1.165) is 27.4 Å². The van der Waals surface area contributed by atoms with Crippen LogP contribution in [0.2, 0.25) is 0 Å². The molecule has 0 saturated heterocycles. The number of ether oxygens (including phenoxy) is 2. The summed E-state index contributed by atoms with van der Waals surface area (Å²) in [6.45, 7) is 2.18. The normalized spacial score (nSPS) is 10.7. The van der Waals surface area contributed by atoms with Crippen LogP contribution < -0.4 is 14.8 Å². The third-order valence-corrected chi connectivity index (χ3v) is 5.36. The highest BCUT2D eigenvalue weighted by Gasteiger charge is 2.17. The number of carbonyl (C=O) groups excluding carboxylic acids is 1. The van der Waals surface area contributed by atoms with Crippen LogP contribution >= 0.6 is 11.3 Å². The van der Waals surface area contributed by atoms with E-state index in [9.17, 15) is 4.79 Å². The number of carbonyl (C=O) groups is 1. The molecule has 0 radical (unpaired) electrons. The van der Waals surface area contributed by atoms with Gasteiger partial charge < -0.3 is 19.3 Å². The molecule has 0 bridgehead atoms. The quantitative estimate of drug-likeness (QED) is 0.465. The summed E-state index contributed by atoms with van der Waals surface area (Å²) in [7, 11) is 3.15. The Hall–Kier alpha value is -3.72. The number of aromatic nitrogens is 3. The first-order valence-corrected chi connectivity index (χ1v) is 10.3. The SMILES string of the molecule is COc1ccc(OC)c(CNC(=O)c2nc(-c3cccc(-c4csc(C)n4)c3)no2)c1. The van der Waals surface area contributed by atoms with Crippen LogP contribution in [0.5, 0.6) is 11.5 Å². The van der Waals surface area contributed by atoms with E-state index < -0.39 is 5.91 Å². The number of aryl methyl sites for hydroxylation is 1. The van der Waals surface area contributed by atoms with Gasteiger partial charge in [0.2, 0.25) is 5.82 Å². The van der Waals surface area contributed by atoms with Crippen molar-refractivity contribution in [1.82, 2.24) is 20.4 Å². The molecule has 0 fully saturated rings. The average Bonchev–Trinajstić information content (AvgIpc) is 3.47. The van der Waals surface area contributed by atoms with Gasteiger partial charge in [0.15, 0.2) is 0 Å². The summed E-state index contributed by atoms with van der Waals surface area (Å²) >= 11 is 1.59. The Morgan fingerprint density at radius 1 is 1.10 bits per heavy atom. The van der Waals surface area contributed by atoms with Gasteiger partial charge in [0.1, 0.15) is 11.5 Å². The number of nitrogens with one attached hydrogen (secondary N) is 1. The molecule has 9 heteroatoms. The Kier molecular flexibility index (Phi) is 5.94. The van der Waals surface area contributed by atoms with Crippen LogP contribution in [-0.4, -0.2) is 35.3 Å². The first-order valence-electron chi connectivity index (χ1n) is 9.43. The number of hydrogen-bond donors (Lipinski definition) is 1. The minimum atomic E-state index is -0.477. The van der Waals surface area contributed by atoms with Gasteiger partial charge in [-0.1, -0.05) is 23.4 Å². The van der Waals surface area contributed by atoms with Crippen molar-refractivity contribution in [2.24, 2.45) is 0 Å². The molecule has 2 heterocycles. The number of thiazole rings is 1. The highest BCUT2D eigenvalue weighted by molar-refractivity contribution is 7.09. The van der Waals surface area contributed by atoms with E-state index >= 15 is 0 Å². The lowest BCUT2D eigenvalue weighted by molar-refractivity contribution is 0.0906. The fourth-order valence-electron chi connectivity index (χ4n) is 3.02. The summed E-state index contributed by atoms with van der Waals surface area (Å²) in [5.74, 6) is 1.04. The van der Waals surface area contributed by atoms with Crippen molar-refractivity contribution in [2.75, 3.05) is 14.2 Å². The van der Waals surface area contributed by atoms with Crippen molar-refractivity contribution >= 4 is 17.2 Å². The Morgan fingerprint density at radius 3 is 2.68 bits per heavy atom. The zero-order chi connectivity index (χ0) is 21.8. The van der Waals surface area contributed by atoms with E-state index in [-0.39, 0.29) is 12.4 Å². The predicted octanol–water partition coefficient (Wildman–Crippen LogP) is 4.12. The molecule has 0 unspecified atom stereocenters. The molecule has 0 spiro atoms. The summed E-state index contributed by atoms with van der Waals surface area (Å²) in [5.41, 5.74) is 3.34. The molecule has 1 N–H and O–H groups in total. The van der Waals surface area contributed by atoms with Gasteiger partial charge in [-0.3, -0.25) is 4.79 Å². The van der Waals surface area contributed by atoms with Crippen molar-refractivity contribution in [3.63, 3.8) is 0 Å². The monoisotopic (exact) mass is 436 g/mol. The second kappa shape index (κ2) is 8.97. The summed E-state index contributed by atoms with van der Waals surface area (Å²) in [6.07, 6.45) is 0. The van der Waals surface area contributed by atoms with Gasteiger partial charge in [-0.15, -0.1) is 11.3 Å². The van der Waals surface area contributed by atoms with E-state index in [1.165, 1.54) is 0 Å². The van der Waals surface area contributed by atoms with E-state index in [4.69, 9.17) is 14.0 Å². The summed E-state index contributed by atoms with van der Waals surface area (Å²) in [6, 6.07) is 13.0. The van der Waals surface area contributed by atoms with Crippen molar-refractivity contribution in [1.29, 1.82) is 0 Å². The number of rotatable bonds is 7. The molecule has 4 rings (SSSR count). The molecule has 0 aliphatic carbocycles. The average molecular weight is 436 g/mol. The number of nitrogens with zero attached hydrogens (tertiary/aromatic N) is 3. The molecule has 8 nitrogen and oxygen atoms in total. The van der Waals surface area contributed by atoms with E-state index in [2.05, 4.69) is 20.4 Å². The van der Waals surface area contributed by atoms with E-state index in [0.29, 0.717) is 17.3 Å². The molecule has 1 amide bonds. The maximum Gasteiger partial charge on any atom is 0.316 e. The first kappa shape index (κ1) is 20.5. The second-order valence-electron chi connectivity index (χ2n) is 6.62. The maximum absolute atomic E-state index is 12.5. The minimum Gasteiger partial charge on any atom is -0.497 e. The Balaban J connectivity index is 1.49. The van der Waals surface area contributed by atoms with E-state index in [1.54, 1.807) is 43.8 Å². The summed E-state index contributed by atoms with van der Waals surface area (Å²) < 4.78 is 15.7. The van der Waals surface area contributed by atoms with Crippen LogP contribution in [0, 0.1) is 6.92 Å². The number of amides is 1. The van der Waals surface area contributed by atoms with Gasteiger partial charge in [-0.2, -0.15) is 4.98 Å². The van der Waals surface area contributed by atoms with Gasteiger partial charge in [0.05, 0.1) is 24.9 Å². The zero-order valence-corrected chi connectivity index (χ0v) is 18.0. The molecule has 4 aromatic rings. The van der Waals surface area contributed by atoms with E-state index in [1.807, 2.05) is 36.6 Å². The predicted molar refractivity (Wildman–Crippen MR) is 116 cm³/mol. The molecule has 0 aliphatic rings. The lowest BCUT2D eigenvalue weighted by atomic mass is 10.1. The third-order valence-electron chi connectivity index (χ3n) is 4.58. The van der Waals surface area contributed by atoms with Crippen molar-refractivity contribution in [3.8, 4) is 34.1 Å². The molecular formula is C22H20N4O4S. The Labute approximate surface area is 182 Å². The van der Waals surface area contributed by atoms with Gasteiger partial charge in [0, 0.05) is 28.6 Å².